The van der Waals surface area contributed by atoms with Crippen molar-refractivity contribution >= 4 is 29.3 Å². The van der Waals surface area contributed by atoms with Gasteiger partial charge in [0.1, 0.15) is 5.82 Å². The van der Waals surface area contributed by atoms with E-state index in [2.05, 4.69) is 44.5 Å². The maximum absolute atomic E-state index is 4.67. The van der Waals surface area contributed by atoms with E-state index >= 15 is 0 Å². The molecule has 2 aliphatic rings. The van der Waals surface area contributed by atoms with Crippen LogP contribution in [0.2, 0.25) is 0 Å². The lowest BCUT2D eigenvalue weighted by Gasteiger charge is -2.40. The van der Waals surface area contributed by atoms with E-state index in [1.165, 1.54) is 37.4 Å². The van der Waals surface area contributed by atoms with Crippen LogP contribution >= 0.6 is 23.5 Å². The Hall–Kier alpha value is -0.460. The maximum Gasteiger partial charge on any atom is 0.189 e. The van der Waals surface area contributed by atoms with E-state index in [0.717, 1.165) is 35.8 Å². The van der Waals surface area contributed by atoms with Crippen molar-refractivity contribution in [1.29, 1.82) is 0 Å². The van der Waals surface area contributed by atoms with Crippen molar-refractivity contribution in [3.05, 3.63) is 11.8 Å². The molecular formula is C15H24N4S2. The normalized spacial score (nSPS) is 21.7. The Balaban J connectivity index is 1.61. The van der Waals surface area contributed by atoms with Crippen molar-refractivity contribution in [2.24, 2.45) is 0 Å². The van der Waals surface area contributed by atoms with Crippen LogP contribution in [0.4, 0.5) is 5.82 Å². The summed E-state index contributed by atoms with van der Waals surface area (Å²) in [5, 5.41) is 0.889. The fourth-order valence-electron chi connectivity index (χ4n) is 3.18. The third-order valence-corrected chi connectivity index (χ3v) is 5.84. The van der Waals surface area contributed by atoms with E-state index in [9.17, 15) is 0 Å². The molecule has 2 fully saturated rings. The van der Waals surface area contributed by atoms with Crippen LogP contribution in [-0.4, -0.2) is 64.9 Å². The molecule has 0 aliphatic carbocycles. The summed E-state index contributed by atoms with van der Waals surface area (Å²) < 4.78 is 0. The van der Waals surface area contributed by atoms with Crippen molar-refractivity contribution in [1.82, 2.24) is 14.9 Å². The third kappa shape index (κ3) is 3.85. The van der Waals surface area contributed by atoms with Crippen LogP contribution in [0, 0.1) is 6.92 Å². The number of anilines is 1. The SMILES string of the molecule is CSc1nc(C)cc(N2CCC(N3CCSCC3)CC2)n1. The number of piperidine rings is 1. The van der Waals surface area contributed by atoms with E-state index in [4.69, 9.17) is 0 Å². The quantitative estimate of drug-likeness (QED) is 0.627. The average molecular weight is 325 g/mol. The monoisotopic (exact) mass is 324 g/mol. The minimum Gasteiger partial charge on any atom is -0.356 e. The molecule has 0 unspecified atom stereocenters. The highest BCUT2D eigenvalue weighted by Gasteiger charge is 2.26. The zero-order chi connectivity index (χ0) is 14.7. The number of rotatable bonds is 3. The van der Waals surface area contributed by atoms with Gasteiger partial charge in [-0.25, -0.2) is 9.97 Å². The largest absolute Gasteiger partial charge is 0.356 e. The Morgan fingerprint density at radius 1 is 1.14 bits per heavy atom. The Morgan fingerprint density at radius 3 is 2.52 bits per heavy atom. The molecule has 6 heteroatoms. The Morgan fingerprint density at radius 2 is 1.86 bits per heavy atom. The molecule has 0 aromatic carbocycles. The molecule has 2 saturated heterocycles. The maximum atomic E-state index is 4.67. The fraction of sp³-hybridized carbons (Fsp3) is 0.733. The van der Waals surface area contributed by atoms with Gasteiger partial charge in [0.25, 0.3) is 0 Å². The number of nitrogens with zero attached hydrogens (tertiary/aromatic N) is 4. The van der Waals surface area contributed by atoms with Crippen LogP contribution in [0.3, 0.4) is 0 Å². The lowest BCUT2D eigenvalue weighted by Crippen LogP contribution is -2.48. The van der Waals surface area contributed by atoms with Gasteiger partial charge in [-0.2, -0.15) is 11.8 Å². The summed E-state index contributed by atoms with van der Waals surface area (Å²) in [7, 11) is 0. The highest BCUT2D eigenvalue weighted by molar-refractivity contribution is 7.99. The molecule has 0 saturated carbocycles. The molecule has 1 aromatic rings. The van der Waals surface area contributed by atoms with E-state index < -0.39 is 0 Å². The average Bonchev–Trinajstić information content (AvgIpc) is 2.55. The van der Waals surface area contributed by atoms with Gasteiger partial charge in [-0.05, 0) is 26.0 Å². The van der Waals surface area contributed by atoms with Gasteiger partial charge in [-0.1, -0.05) is 11.8 Å². The first-order valence-electron chi connectivity index (χ1n) is 7.72. The van der Waals surface area contributed by atoms with Crippen molar-refractivity contribution in [3.63, 3.8) is 0 Å². The lowest BCUT2D eigenvalue weighted by molar-refractivity contribution is 0.185. The fourth-order valence-corrected chi connectivity index (χ4v) is 4.53. The highest BCUT2D eigenvalue weighted by Crippen LogP contribution is 2.24. The molecule has 116 valence electrons. The zero-order valence-corrected chi connectivity index (χ0v) is 14.5. The molecule has 3 rings (SSSR count). The molecule has 4 nitrogen and oxygen atoms in total. The highest BCUT2D eigenvalue weighted by atomic mass is 32.2. The van der Waals surface area contributed by atoms with Crippen molar-refractivity contribution in [2.45, 2.75) is 31.0 Å². The topological polar surface area (TPSA) is 32.3 Å². The molecule has 0 N–H and O–H groups in total. The summed E-state index contributed by atoms with van der Waals surface area (Å²) in [5.41, 5.74) is 1.07. The van der Waals surface area contributed by atoms with E-state index in [1.54, 1.807) is 11.8 Å². The Kier molecular flexibility index (Phi) is 5.29. The van der Waals surface area contributed by atoms with Crippen LogP contribution in [-0.2, 0) is 0 Å². The van der Waals surface area contributed by atoms with E-state index in [-0.39, 0.29) is 0 Å². The van der Waals surface area contributed by atoms with E-state index in [1.807, 2.05) is 6.26 Å². The van der Waals surface area contributed by atoms with Gasteiger partial charge in [0, 0.05) is 55.5 Å². The molecular weight excluding hydrogens is 300 g/mol. The predicted octanol–water partition coefficient (Wildman–Crippen LogP) is 2.52. The van der Waals surface area contributed by atoms with Gasteiger partial charge in [0.15, 0.2) is 5.16 Å². The van der Waals surface area contributed by atoms with Crippen LogP contribution in [0.25, 0.3) is 0 Å². The first-order valence-corrected chi connectivity index (χ1v) is 10.1. The predicted molar refractivity (Wildman–Crippen MR) is 92.7 cm³/mol. The number of thioether (sulfide) groups is 2. The van der Waals surface area contributed by atoms with Crippen molar-refractivity contribution in [2.75, 3.05) is 48.8 Å². The molecule has 0 bridgehead atoms. The lowest BCUT2D eigenvalue weighted by atomic mass is 10.0. The first kappa shape index (κ1) is 15.4. The summed E-state index contributed by atoms with van der Waals surface area (Å²) in [5.74, 6) is 3.73. The van der Waals surface area contributed by atoms with Gasteiger partial charge in [0.2, 0.25) is 0 Å². The Labute approximate surface area is 136 Å². The van der Waals surface area contributed by atoms with Gasteiger partial charge in [-0.3, -0.25) is 4.90 Å². The summed E-state index contributed by atoms with van der Waals surface area (Å²) in [6.07, 6.45) is 4.57. The molecule has 0 radical (unpaired) electrons. The second-order valence-corrected chi connectivity index (χ2v) is 7.72. The minimum atomic E-state index is 0.783. The third-order valence-electron chi connectivity index (χ3n) is 4.35. The van der Waals surface area contributed by atoms with Gasteiger partial charge in [-0.15, -0.1) is 0 Å². The van der Waals surface area contributed by atoms with Crippen LogP contribution < -0.4 is 4.90 Å². The summed E-state index contributed by atoms with van der Waals surface area (Å²) in [6.45, 7) is 6.86. The summed E-state index contributed by atoms with van der Waals surface area (Å²) in [4.78, 5) is 14.3. The molecule has 2 aliphatic heterocycles. The molecule has 0 amide bonds. The van der Waals surface area contributed by atoms with E-state index in [0.29, 0.717) is 0 Å². The van der Waals surface area contributed by atoms with Crippen LogP contribution in [0.5, 0.6) is 0 Å². The van der Waals surface area contributed by atoms with Crippen LogP contribution in [0.1, 0.15) is 18.5 Å². The molecule has 21 heavy (non-hydrogen) atoms. The molecule has 1 aromatic heterocycles. The Bertz CT molecular complexity index is 469. The van der Waals surface area contributed by atoms with Gasteiger partial charge >= 0.3 is 0 Å². The van der Waals surface area contributed by atoms with Gasteiger partial charge in [0.05, 0.1) is 0 Å². The second-order valence-electron chi connectivity index (χ2n) is 5.72. The first-order chi connectivity index (χ1) is 10.3. The van der Waals surface area contributed by atoms with Crippen molar-refractivity contribution < 1.29 is 0 Å². The smallest absolute Gasteiger partial charge is 0.189 e. The number of hydrogen-bond donors (Lipinski definition) is 0. The zero-order valence-electron chi connectivity index (χ0n) is 12.9. The van der Waals surface area contributed by atoms with Crippen molar-refractivity contribution in [3.8, 4) is 0 Å². The minimum absolute atomic E-state index is 0.783. The van der Waals surface area contributed by atoms with Crippen LogP contribution in [0.15, 0.2) is 11.2 Å². The molecule has 0 spiro atoms. The standard InChI is InChI=1S/C15H24N4S2/c1-12-11-14(17-15(16-12)20-2)19-5-3-13(4-6-19)18-7-9-21-10-8-18/h11,13H,3-10H2,1-2H3. The molecule has 3 heterocycles. The number of aryl methyl sites for hydroxylation is 1. The molecule has 0 atom stereocenters. The second kappa shape index (κ2) is 7.20. The summed E-state index contributed by atoms with van der Waals surface area (Å²) in [6, 6.07) is 2.91. The van der Waals surface area contributed by atoms with Gasteiger partial charge < -0.3 is 4.90 Å². The summed E-state index contributed by atoms with van der Waals surface area (Å²) >= 11 is 3.72. The number of hydrogen-bond acceptors (Lipinski definition) is 6. The number of aromatic nitrogens is 2.